The molecule has 2 atom stereocenters. The highest BCUT2D eigenvalue weighted by atomic mass is 35.5. The molecule has 3 N–H and O–H groups in total. The van der Waals surface area contributed by atoms with E-state index < -0.39 is 12.1 Å². The van der Waals surface area contributed by atoms with Crippen LogP contribution in [0, 0.1) is 5.92 Å². The van der Waals surface area contributed by atoms with Crippen molar-refractivity contribution in [2.45, 2.75) is 77.0 Å². The third kappa shape index (κ3) is 7.81. The fourth-order valence-electron chi connectivity index (χ4n) is 5.04. The number of β-amino-alcohol motifs (C(OH)–C–C–N with tert-alkyl or cyclic N) is 1. The summed E-state index contributed by atoms with van der Waals surface area (Å²) in [7, 11) is 0. The monoisotopic (exact) mass is 487 g/mol. The van der Waals surface area contributed by atoms with Crippen molar-refractivity contribution >= 4 is 17.6 Å². The molecule has 0 aromatic heterocycles. The molecule has 0 amide bonds. The van der Waals surface area contributed by atoms with Crippen molar-refractivity contribution in [1.29, 1.82) is 0 Å². The molecule has 5 nitrogen and oxygen atoms in total. The molecule has 6 heteroatoms. The number of benzene rings is 2. The number of rotatable bonds is 13. The first kappa shape index (κ1) is 26.7. The Hall–Kier alpha value is -1.92. The van der Waals surface area contributed by atoms with Gasteiger partial charge in [0, 0.05) is 23.5 Å². The topological polar surface area (TPSA) is 78.8 Å². The highest BCUT2D eigenvalue weighted by Crippen LogP contribution is 2.32. The number of hydrogen-bond acceptors (Lipinski definition) is 4. The van der Waals surface area contributed by atoms with Gasteiger partial charge in [0.2, 0.25) is 0 Å². The standard InChI is InChI=1S/C28H38ClNO4/c1-4-26(25-11-10-23(29)15-22(25)9-12-27(32)33)34-18-24(31)17-30-28(2,3)16-19-13-20-7-5-6-8-21(20)14-19/h5-8,10-11,15,19,24,26,30-31H,4,9,12-14,16-18H2,1-3H3,(H,32,33)/t24-,26-/m1/s1. The highest BCUT2D eigenvalue weighted by molar-refractivity contribution is 6.30. The Morgan fingerprint density at radius 2 is 1.88 bits per heavy atom. The summed E-state index contributed by atoms with van der Waals surface area (Å²) in [5, 5.41) is 23.8. The molecule has 0 bridgehead atoms. The van der Waals surface area contributed by atoms with Crippen LogP contribution in [0.4, 0.5) is 0 Å². The number of aryl methyl sites for hydroxylation is 1. The van der Waals surface area contributed by atoms with E-state index in [9.17, 15) is 9.90 Å². The largest absolute Gasteiger partial charge is 0.481 e. The summed E-state index contributed by atoms with van der Waals surface area (Å²) < 4.78 is 6.09. The zero-order valence-electron chi connectivity index (χ0n) is 20.5. The highest BCUT2D eigenvalue weighted by Gasteiger charge is 2.28. The maximum atomic E-state index is 11.0. The van der Waals surface area contributed by atoms with Crippen LogP contribution in [0.2, 0.25) is 5.02 Å². The van der Waals surface area contributed by atoms with Gasteiger partial charge in [0.25, 0.3) is 0 Å². The Bertz CT molecular complexity index is 936. The Labute approximate surface area is 208 Å². The number of hydrogen-bond donors (Lipinski definition) is 3. The first-order chi connectivity index (χ1) is 16.2. The quantitative estimate of drug-likeness (QED) is 0.354. The average molecular weight is 488 g/mol. The van der Waals surface area contributed by atoms with Gasteiger partial charge in [0.1, 0.15) is 0 Å². The van der Waals surface area contributed by atoms with Gasteiger partial charge in [-0.1, -0.05) is 48.9 Å². The fraction of sp³-hybridized carbons (Fsp3) is 0.536. The number of aliphatic carboxylic acids is 1. The van der Waals surface area contributed by atoms with Crippen LogP contribution in [0.15, 0.2) is 42.5 Å². The molecule has 0 saturated carbocycles. The van der Waals surface area contributed by atoms with Crippen molar-refractivity contribution in [2.24, 2.45) is 5.92 Å². The van der Waals surface area contributed by atoms with Crippen LogP contribution in [-0.4, -0.2) is 41.0 Å². The number of carbonyl (C=O) groups is 1. The molecule has 0 saturated heterocycles. The second-order valence-corrected chi connectivity index (χ2v) is 10.6. The molecule has 0 aliphatic heterocycles. The van der Waals surface area contributed by atoms with Crippen molar-refractivity contribution in [3.8, 4) is 0 Å². The number of carboxylic acids is 1. The first-order valence-electron chi connectivity index (χ1n) is 12.3. The van der Waals surface area contributed by atoms with Gasteiger partial charge in [-0.25, -0.2) is 0 Å². The average Bonchev–Trinajstić information content (AvgIpc) is 3.19. The van der Waals surface area contributed by atoms with Gasteiger partial charge in [0.05, 0.1) is 18.8 Å². The minimum absolute atomic E-state index is 0.0392. The van der Waals surface area contributed by atoms with Crippen molar-refractivity contribution < 1.29 is 19.7 Å². The van der Waals surface area contributed by atoms with E-state index in [-0.39, 0.29) is 24.7 Å². The zero-order chi connectivity index (χ0) is 24.7. The molecule has 2 aromatic rings. The van der Waals surface area contributed by atoms with Crippen LogP contribution in [0.1, 0.15) is 68.4 Å². The van der Waals surface area contributed by atoms with E-state index in [2.05, 4.69) is 43.4 Å². The lowest BCUT2D eigenvalue weighted by atomic mass is 9.88. The summed E-state index contributed by atoms with van der Waals surface area (Å²) in [6.07, 6.45) is 3.59. The molecule has 0 heterocycles. The van der Waals surface area contributed by atoms with Gasteiger partial charge in [-0.2, -0.15) is 0 Å². The minimum atomic E-state index is -0.842. The molecule has 0 spiro atoms. The molecule has 34 heavy (non-hydrogen) atoms. The van der Waals surface area contributed by atoms with Gasteiger partial charge in [-0.15, -0.1) is 0 Å². The lowest BCUT2D eigenvalue weighted by Gasteiger charge is -2.31. The summed E-state index contributed by atoms with van der Waals surface area (Å²) in [4.78, 5) is 11.0. The van der Waals surface area contributed by atoms with Crippen LogP contribution >= 0.6 is 11.6 Å². The van der Waals surface area contributed by atoms with Gasteiger partial charge >= 0.3 is 5.97 Å². The molecule has 0 fully saturated rings. The van der Waals surface area contributed by atoms with Crippen molar-refractivity contribution in [2.75, 3.05) is 13.2 Å². The lowest BCUT2D eigenvalue weighted by molar-refractivity contribution is -0.136. The molecule has 1 aliphatic rings. The van der Waals surface area contributed by atoms with Crippen LogP contribution < -0.4 is 5.32 Å². The SMILES string of the molecule is CC[C@@H](OC[C@H](O)CNC(C)(C)CC1Cc2ccccc2C1)c1ccc(Cl)cc1CCC(=O)O. The number of aliphatic hydroxyl groups is 1. The normalized spacial score (nSPS) is 15.8. The van der Waals surface area contributed by atoms with E-state index in [1.165, 1.54) is 11.1 Å². The van der Waals surface area contributed by atoms with Crippen molar-refractivity contribution in [3.63, 3.8) is 0 Å². The number of ether oxygens (including phenoxy) is 1. The van der Waals surface area contributed by atoms with Crippen LogP contribution in [0.3, 0.4) is 0 Å². The van der Waals surface area contributed by atoms with E-state index in [0.717, 1.165) is 36.8 Å². The van der Waals surface area contributed by atoms with Gasteiger partial charge in [0.15, 0.2) is 0 Å². The molecule has 186 valence electrons. The zero-order valence-corrected chi connectivity index (χ0v) is 21.3. The summed E-state index contributed by atoms with van der Waals surface area (Å²) >= 11 is 6.14. The lowest BCUT2D eigenvalue weighted by Crippen LogP contribution is -2.45. The fourth-order valence-corrected chi connectivity index (χ4v) is 5.24. The molecule has 0 unspecified atom stereocenters. The van der Waals surface area contributed by atoms with E-state index in [1.807, 2.05) is 19.1 Å². The molecule has 3 rings (SSSR count). The van der Waals surface area contributed by atoms with E-state index >= 15 is 0 Å². The predicted molar refractivity (Wildman–Crippen MR) is 136 cm³/mol. The Morgan fingerprint density at radius 1 is 1.21 bits per heavy atom. The van der Waals surface area contributed by atoms with E-state index in [1.54, 1.807) is 6.07 Å². The van der Waals surface area contributed by atoms with Crippen LogP contribution in [0.25, 0.3) is 0 Å². The summed E-state index contributed by atoms with van der Waals surface area (Å²) in [6.45, 7) is 7.07. The number of fused-ring (bicyclic) bond motifs is 1. The van der Waals surface area contributed by atoms with Crippen molar-refractivity contribution in [3.05, 3.63) is 69.7 Å². The molecular formula is C28H38ClNO4. The summed E-state index contributed by atoms with van der Waals surface area (Å²) in [6, 6.07) is 14.2. The van der Waals surface area contributed by atoms with Gasteiger partial charge in [-0.05, 0) is 86.3 Å². The Kier molecular flexibility index (Phi) is 9.55. The molecule has 0 radical (unpaired) electrons. The molecule has 1 aliphatic carbocycles. The number of aliphatic hydroxyl groups excluding tert-OH is 1. The van der Waals surface area contributed by atoms with E-state index in [4.69, 9.17) is 21.4 Å². The molecular weight excluding hydrogens is 450 g/mol. The summed E-state index contributed by atoms with van der Waals surface area (Å²) in [5.41, 5.74) is 4.67. The van der Waals surface area contributed by atoms with Crippen LogP contribution in [-0.2, 0) is 28.8 Å². The Morgan fingerprint density at radius 3 is 2.50 bits per heavy atom. The second kappa shape index (κ2) is 12.2. The van der Waals surface area contributed by atoms with E-state index in [0.29, 0.717) is 23.9 Å². The maximum absolute atomic E-state index is 11.0. The van der Waals surface area contributed by atoms with Crippen LogP contribution in [0.5, 0.6) is 0 Å². The smallest absolute Gasteiger partial charge is 0.303 e. The number of carboxylic acid groups (broad SMARTS) is 1. The maximum Gasteiger partial charge on any atom is 0.303 e. The third-order valence-corrected chi connectivity index (χ3v) is 6.91. The third-order valence-electron chi connectivity index (χ3n) is 6.67. The minimum Gasteiger partial charge on any atom is -0.481 e. The number of halogens is 1. The van der Waals surface area contributed by atoms with Gasteiger partial charge < -0.3 is 20.3 Å². The predicted octanol–water partition coefficient (Wildman–Crippen LogP) is 5.36. The van der Waals surface area contributed by atoms with Gasteiger partial charge in [-0.3, -0.25) is 4.79 Å². The molecule has 2 aromatic carbocycles. The number of nitrogens with one attached hydrogen (secondary N) is 1. The first-order valence-corrected chi connectivity index (χ1v) is 12.7. The second-order valence-electron chi connectivity index (χ2n) is 10.1. The van der Waals surface area contributed by atoms with Crippen molar-refractivity contribution in [1.82, 2.24) is 5.32 Å². The Balaban J connectivity index is 1.49. The summed E-state index contributed by atoms with van der Waals surface area (Å²) in [5.74, 6) is -0.225.